The van der Waals surface area contributed by atoms with Crippen molar-refractivity contribution < 1.29 is 5.11 Å². The van der Waals surface area contributed by atoms with E-state index in [2.05, 4.69) is 18.7 Å². The van der Waals surface area contributed by atoms with Gasteiger partial charge in [-0.3, -0.25) is 0 Å². The molecule has 0 aromatic heterocycles. The number of hydrogen-bond acceptors (Lipinski definition) is 2. The van der Waals surface area contributed by atoms with Crippen molar-refractivity contribution in [3.8, 4) is 0 Å². The standard InChI is InChI=1S/C15H24ClNO/c1-5-15(6-2,17(3)4)14(18)11-12-8-7-9-13(16)10-12/h7-10,14,18H,5-6,11H2,1-4H3. The number of aliphatic hydroxyl groups excluding tert-OH is 1. The molecule has 1 unspecified atom stereocenters. The summed E-state index contributed by atoms with van der Waals surface area (Å²) < 4.78 is 0. The molecular weight excluding hydrogens is 246 g/mol. The second kappa shape index (κ2) is 6.55. The molecule has 0 saturated heterocycles. The Hall–Kier alpha value is -0.570. The summed E-state index contributed by atoms with van der Waals surface area (Å²) >= 11 is 5.98. The first-order chi connectivity index (χ1) is 8.46. The zero-order valence-electron chi connectivity index (χ0n) is 11.8. The molecule has 1 atom stereocenters. The summed E-state index contributed by atoms with van der Waals surface area (Å²) in [6.07, 6.45) is 2.11. The Balaban J connectivity index is 2.88. The Labute approximate surface area is 116 Å². The molecule has 0 amide bonds. The number of hydrogen-bond donors (Lipinski definition) is 1. The van der Waals surface area contributed by atoms with E-state index in [0.29, 0.717) is 6.42 Å². The summed E-state index contributed by atoms with van der Waals surface area (Å²) in [5, 5.41) is 11.3. The Morgan fingerprint density at radius 2 is 1.89 bits per heavy atom. The lowest BCUT2D eigenvalue weighted by Gasteiger charge is -2.42. The third-order valence-corrected chi connectivity index (χ3v) is 4.29. The number of likely N-dealkylation sites (N-methyl/N-ethyl adjacent to an activating group) is 1. The third-order valence-electron chi connectivity index (χ3n) is 4.05. The smallest absolute Gasteiger partial charge is 0.0763 e. The van der Waals surface area contributed by atoms with Crippen LogP contribution in [0.2, 0.25) is 5.02 Å². The van der Waals surface area contributed by atoms with Crippen molar-refractivity contribution in [2.75, 3.05) is 14.1 Å². The molecule has 1 aromatic rings. The van der Waals surface area contributed by atoms with E-state index in [9.17, 15) is 5.11 Å². The van der Waals surface area contributed by atoms with Crippen LogP contribution in [0.4, 0.5) is 0 Å². The fourth-order valence-corrected chi connectivity index (χ4v) is 2.94. The molecular formula is C15H24ClNO. The lowest BCUT2D eigenvalue weighted by Crippen LogP contribution is -2.53. The summed E-state index contributed by atoms with van der Waals surface area (Å²) in [4.78, 5) is 2.14. The molecule has 102 valence electrons. The highest BCUT2D eigenvalue weighted by Gasteiger charge is 2.36. The molecule has 2 nitrogen and oxygen atoms in total. The molecule has 0 aliphatic carbocycles. The van der Waals surface area contributed by atoms with Crippen LogP contribution in [0.1, 0.15) is 32.3 Å². The van der Waals surface area contributed by atoms with Gasteiger partial charge in [-0.1, -0.05) is 37.6 Å². The Morgan fingerprint density at radius 3 is 2.33 bits per heavy atom. The Morgan fingerprint density at radius 1 is 1.28 bits per heavy atom. The van der Waals surface area contributed by atoms with E-state index < -0.39 is 0 Å². The molecule has 0 saturated carbocycles. The van der Waals surface area contributed by atoms with Crippen molar-refractivity contribution >= 4 is 11.6 Å². The van der Waals surface area contributed by atoms with Gasteiger partial charge in [0.05, 0.1) is 6.10 Å². The summed E-state index contributed by atoms with van der Waals surface area (Å²) in [5.74, 6) is 0. The van der Waals surface area contributed by atoms with Gasteiger partial charge < -0.3 is 10.0 Å². The molecule has 0 radical (unpaired) electrons. The molecule has 0 spiro atoms. The minimum atomic E-state index is -0.388. The van der Waals surface area contributed by atoms with Gasteiger partial charge in [-0.25, -0.2) is 0 Å². The number of benzene rings is 1. The van der Waals surface area contributed by atoms with Gasteiger partial charge in [0.25, 0.3) is 0 Å². The highest BCUT2D eigenvalue weighted by Crippen LogP contribution is 2.28. The first-order valence-corrected chi connectivity index (χ1v) is 6.94. The van der Waals surface area contributed by atoms with E-state index in [0.717, 1.165) is 23.4 Å². The number of rotatable bonds is 6. The molecule has 0 bridgehead atoms. The minimum absolute atomic E-state index is 0.164. The van der Waals surface area contributed by atoms with Crippen LogP contribution < -0.4 is 0 Å². The predicted octanol–water partition coefficient (Wildman–Crippen LogP) is 3.36. The van der Waals surface area contributed by atoms with E-state index in [1.54, 1.807) is 0 Å². The van der Waals surface area contributed by atoms with Gasteiger partial charge in [-0.15, -0.1) is 0 Å². The van der Waals surface area contributed by atoms with Crippen LogP contribution in [0.3, 0.4) is 0 Å². The zero-order valence-corrected chi connectivity index (χ0v) is 12.5. The minimum Gasteiger partial charge on any atom is -0.391 e. The topological polar surface area (TPSA) is 23.5 Å². The second-order valence-electron chi connectivity index (χ2n) is 5.05. The van der Waals surface area contributed by atoms with E-state index >= 15 is 0 Å². The van der Waals surface area contributed by atoms with Crippen LogP contribution in [0.15, 0.2) is 24.3 Å². The lowest BCUT2D eigenvalue weighted by atomic mass is 9.82. The molecule has 1 N–H and O–H groups in total. The van der Waals surface area contributed by atoms with Crippen LogP contribution >= 0.6 is 11.6 Å². The van der Waals surface area contributed by atoms with E-state index in [1.165, 1.54) is 0 Å². The van der Waals surface area contributed by atoms with Crippen LogP contribution in [-0.2, 0) is 6.42 Å². The molecule has 3 heteroatoms. The normalized spacial score (nSPS) is 13.9. The van der Waals surface area contributed by atoms with Crippen molar-refractivity contribution in [1.29, 1.82) is 0 Å². The highest BCUT2D eigenvalue weighted by atomic mass is 35.5. The largest absolute Gasteiger partial charge is 0.391 e. The van der Waals surface area contributed by atoms with Gasteiger partial charge in [0.15, 0.2) is 0 Å². The summed E-state index contributed by atoms with van der Waals surface area (Å²) in [6, 6.07) is 7.73. The highest BCUT2D eigenvalue weighted by molar-refractivity contribution is 6.30. The zero-order chi connectivity index (χ0) is 13.8. The summed E-state index contributed by atoms with van der Waals surface area (Å²) in [6.45, 7) is 4.26. The Bertz CT molecular complexity index is 375. The predicted molar refractivity (Wildman–Crippen MR) is 78.2 cm³/mol. The van der Waals surface area contributed by atoms with Crippen molar-refractivity contribution in [3.05, 3.63) is 34.9 Å². The molecule has 18 heavy (non-hydrogen) atoms. The number of halogens is 1. The van der Waals surface area contributed by atoms with Crippen molar-refractivity contribution in [1.82, 2.24) is 4.90 Å². The van der Waals surface area contributed by atoms with Gasteiger partial charge in [-0.2, -0.15) is 0 Å². The average Bonchev–Trinajstić information content (AvgIpc) is 2.30. The SMILES string of the molecule is CCC(CC)(C(O)Cc1cccc(Cl)c1)N(C)C. The average molecular weight is 270 g/mol. The maximum absolute atomic E-state index is 10.6. The monoisotopic (exact) mass is 269 g/mol. The molecule has 0 heterocycles. The number of aliphatic hydroxyl groups is 1. The molecule has 0 fully saturated rings. The summed E-state index contributed by atoms with van der Waals surface area (Å²) in [5.41, 5.74) is 0.922. The lowest BCUT2D eigenvalue weighted by molar-refractivity contribution is -0.0125. The van der Waals surface area contributed by atoms with Gasteiger partial charge in [0, 0.05) is 17.0 Å². The van der Waals surface area contributed by atoms with Crippen LogP contribution in [0, 0.1) is 0 Å². The van der Waals surface area contributed by atoms with Gasteiger partial charge >= 0.3 is 0 Å². The molecule has 1 rings (SSSR count). The van der Waals surface area contributed by atoms with E-state index in [1.807, 2.05) is 38.4 Å². The van der Waals surface area contributed by atoms with Crippen molar-refractivity contribution in [2.45, 2.75) is 44.8 Å². The van der Waals surface area contributed by atoms with Crippen LogP contribution in [-0.4, -0.2) is 35.7 Å². The maximum Gasteiger partial charge on any atom is 0.0763 e. The molecule has 0 aliphatic rings. The maximum atomic E-state index is 10.6. The Kier molecular flexibility index (Phi) is 5.64. The van der Waals surface area contributed by atoms with E-state index in [-0.39, 0.29) is 11.6 Å². The third kappa shape index (κ3) is 3.25. The van der Waals surface area contributed by atoms with Crippen LogP contribution in [0.5, 0.6) is 0 Å². The van der Waals surface area contributed by atoms with Crippen molar-refractivity contribution in [2.24, 2.45) is 0 Å². The number of nitrogens with zero attached hydrogens (tertiary/aromatic N) is 1. The quantitative estimate of drug-likeness (QED) is 0.856. The first-order valence-electron chi connectivity index (χ1n) is 6.56. The van der Waals surface area contributed by atoms with Crippen LogP contribution in [0.25, 0.3) is 0 Å². The van der Waals surface area contributed by atoms with Crippen molar-refractivity contribution in [3.63, 3.8) is 0 Å². The molecule has 1 aromatic carbocycles. The van der Waals surface area contributed by atoms with E-state index in [4.69, 9.17) is 11.6 Å². The molecule has 0 aliphatic heterocycles. The second-order valence-corrected chi connectivity index (χ2v) is 5.49. The van der Waals surface area contributed by atoms with Gasteiger partial charge in [0.1, 0.15) is 0 Å². The van der Waals surface area contributed by atoms with Gasteiger partial charge in [-0.05, 0) is 44.6 Å². The van der Waals surface area contributed by atoms with Gasteiger partial charge in [0.2, 0.25) is 0 Å². The fraction of sp³-hybridized carbons (Fsp3) is 0.600. The summed E-state index contributed by atoms with van der Waals surface area (Å²) in [7, 11) is 4.07. The first kappa shape index (κ1) is 15.5. The fourth-order valence-electron chi connectivity index (χ4n) is 2.73.